The van der Waals surface area contributed by atoms with Crippen LogP contribution >= 0.6 is 0 Å². The Labute approximate surface area is 93.1 Å². The number of rotatable bonds is 2. The molecule has 0 aromatic carbocycles. The Kier molecular flexibility index (Phi) is 65.4. The third kappa shape index (κ3) is 42.0. The summed E-state index contributed by atoms with van der Waals surface area (Å²) in [6, 6.07) is 0. The van der Waals surface area contributed by atoms with E-state index in [1.54, 1.807) is 0 Å². The minimum atomic E-state index is 1.16. The molecule has 14 heavy (non-hydrogen) atoms. The fourth-order valence-electron chi connectivity index (χ4n) is 0.378. The largest absolute Gasteiger partial charge is 0.0877 e. The first-order valence-corrected chi connectivity index (χ1v) is 6.09. The summed E-state index contributed by atoms with van der Waals surface area (Å²) < 4.78 is 0. The second kappa shape index (κ2) is 39.2. The second-order valence-corrected chi connectivity index (χ2v) is 1.89. The summed E-state index contributed by atoms with van der Waals surface area (Å²) in [5, 5.41) is 0. The molecule has 0 saturated carbocycles. The van der Waals surface area contributed by atoms with Gasteiger partial charge in [-0.15, -0.1) is 0 Å². The highest BCUT2D eigenvalue weighted by Gasteiger charge is 1.75. The first-order valence-electron chi connectivity index (χ1n) is 6.09. The van der Waals surface area contributed by atoms with Gasteiger partial charge in [-0.2, -0.15) is 0 Å². The van der Waals surface area contributed by atoms with Crippen molar-refractivity contribution in [3.63, 3.8) is 0 Å². The summed E-state index contributed by atoms with van der Waals surface area (Å²) in [6.45, 7) is 18.3. The van der Waals surface area contributed by atoms with E-state index in [2.05, 4.69) is 26.0 Å². The molecule has 0 aliphatic carbocycles. The molecule has 0 aliphatic heterocycles. The zero-order valence-electron chi connectivity index (χ0n) is 11.9. The second-order valence-electron chi connectivity index (χ2n) is 1.89. The van der Waals surface area contributed by atoms with Gasteiger partial charge in [0, 0.05) is 0 Å². The van der Waals surface area contributed by atoms with Crippen LogP contribution in [0.15, 0.2) is 23.8 Å². The van der Waals surface area contributed by atoms with Crippen LogP contribution in [0, 0.1) is 0 Å². The predicted molar refractivity (Wildman–Crippen MR) is 72.9 cm³/mol. The SMILES string of the molecule is C/C=C\C=C(/C)CC.CC.CC.CC. The summed E-state index contributed by atoms with van der Waals surface area (Å²) >= 11 is 0. The average molecular weight is 200 g/mol. The van der Waals surface area contributed by atoms with Crippen LogP contribution in [0.5, 0.6) is 0 Å². The molecule has 0 bridgehead atoms. The number of hydrogen-bond donors (Lipinski definition) is 0. The zero-order chi connectivity index (χ0) is 12.4. The normalized spacial score (nSPS) is 8.79. The van der Waals surface area contributed by atoms with E-state index >= 15 is 0 Å². The molecule has 0 amide bonds. The quantitative estimate of drug-likeness (QED) is 0.480. The molecule has 0 atom stereocenters. The van der Waals surface area contributed by atoms with Crippen molar-refractivity contribution in [3.8, 4) is 0 Å². The van der Waals surface area contributed by atoms with Crippen molar-refractivity contribution in [1.29, 1.82) is 0 Å². The van der Waals surface area contributed by atoms with E-state index in [1.165, 1.54) is 5.57 Å². The van der Waals surface area contributed by atoms with Crippen molar-refractivity contribution < 1.29 is 0 Å². The highest BCUT2D eigenvalue weighted by Crippen LogP contribution is 1.96. The third-order valence-corrected chi connectivity index (χ3v) is 1.13. The molecule has 0 aliphatic rings. The van der Waals surface area contributed by atoms with Gasteiger partial charge in [0.2, 0.25) is 0 Å². The maximum atomic E-state index is 2.16. The Balaban J connectivity index is -0.0000000708. The van der Waals surface area contributed by atoms with E-state index in [1.807, 2.05) is 54.5 Å². The zero-order valence-corrected chi connectivity index (χ0v) is 11.9. The van der Waals surface area contributed by atoms with E-state index in [0.29, 0.717) is 0 Å². The Morgan fingerprint density at radius 2 is 1.29 bits per heavy atom. The van der Waals surface area contributed by atoms with E-state index in [4.69, 9.17) is 0 Å². The van der Waals surface area contributed by atoms with Crippen LogP contribution in [0.25, 0.3) is 0 Å². The van der Waals surface area contributed by atoms with Gasteiger partial charge in [-0.3, -0.25) is 0 Å². The summed E-state index contributed by atoms with van der Waals surface area (Å²) in [5.41, 5.74) is 1.43. The van der Waals surface area contributed by atoms with Crippen molar-refractivity contribution in [3.05, 3.63) is 23.8 Å². The molecule has 0 unspecified atom stereocenters. The Morgan fingerprint density at radius 1 is 0.929 bits per heavy atom. The van der Waals surface area contributed by atoms with Gasteiger partial charge in [0.1, 0.15) is 0 Å². The molecule has 0 saturated heterocycles. The van der Waals surface area contributed by atoms with Crippen LogP contribution in [-0.4, -0.2) is 0 Å². The van der Waals surface area contributed by atoms with Crippen molar-refractivity contribution >= 4 is 0 Å². The van der Waals surface area contributed by atoms with Gasteiger partial charge < -0.3 is 0 Å². The summed E-state index contributed by atoms with van der Waals surface area (Å²) in [7, 11) is 0. The Bertz CT molecular complexity index is 96.6. The van der Waals surface area contributed by atoms with E-state index in [9.17, 15) is 0 Å². The molecule has 0 aromatic heterocycles. The van der Waals surface area contributed by atoms with E-state index in [-0.39, 0.29) is 0 Å². The highest BCUT2D eigenvalue weighted by molar-refractivity contribution is 5.08. The minimum Gasteiger partial charge on any atom is -0.0877 e. The molecule has 0 heteroatoms. The van der Waals surface area contributed by atoms with Gasteiger partial charge >= 0.3 is 0 Å². The van der Waals surface area contributed by atoms with Crippen LogP contribution in [-0.2, 0) is 0 Å². The molecule has 0 N–H and O–H groups in total. The molecule has 0 spiro atoms. The van der Waals surface area contributed by atoms with E-state index in [0.717, 1.165) is 6.42 Å². The van der Waals surface area contributed by atoms with Crippen LogP contribution in [0.3, 0.4) is 0 Å². The van der Waals surface area contributed by atoms with Crippen LogP contribution in [0.2, 0.25) is 0 Å². The fraction of sp³-hybridized carbons (Fsp3) is 0.714. The van der Waals surface area contributed by atoms with Gasteiger partial charge in [0.25, 0.3) is 0 Å². The van der Waals surface area contributed by atoms with Crippen LogP contribution in [0.1, 0.15) is 68.7 Å². The Hall–Kier alpha value is -0.520. The molecule has 88 valence electrons. The monoisotopic (exact) mass is 200 g/mol. The van der Waals surface area contributed by atoms with Gasteiger partial charge in [-0.1, -0.05) is 72.3 Å². The van der Waals surface area contributed by atoms with Crippen molar-refractivity contribution in [1.82, 2.24) is 0 Å². The summed E-state index contributed by atoms with van der Waals surface area (Å²) in [5.74, 6) is 0. The predicted octanol–water partition coefficient (Wildman–Crippen LogP) is 6.00. The molecule has 0 fully saturated rings. The number of allylic oxidation sites excluding steroid dienone is 4. The third-order valence-electron chi connectivity index (χ3n) is 1.13. The molecule has 0 rings (SSSR count). The van der Waals surface area contributed by atoms with Gasteiger partial charge in [-0.05, 0) is 20.3 Å². The van der Waals surface area contributed by atoms with Crippen molar-refractivity contribution in [2.45, 2.75) is 68.7 Å². The van der Waals surface area contributed by atoms with Gasteiger partial charge in [0.15, 0.2) is 0 Å². The molecule has 0 nitrogen and oxygen atoms in total. The first kappa shape index (κ1) is 23.4. The smallest absolute Gasteiger partial charge is 0.0349 e. The van der Waals surface area contributed by atoms with Gasteiger partial charge in [-0.25, -0.2) is 0 Å². The van der Waals surface area contributed by atoms with Crippen LogP contribution in [0.4, 0.5) is 0 Å². The summed E-state index contributed by atoms with van der Waals surface area (Å²) in [6.07, 6.45) is 7.41. The van der Waals surface area contributed by atoms with Gasteiger partial charge in [0.05, 0.1) is 0 Å². The average Bonchev–Trinajstić information content (AvgIpc) is 2.33. The highest BCUT2D eigenvalue weighted by atomic mass is 13.8. The molecular formula is C14H32. The maximum absolute atomic E-state index is 2.16. The fourth-order valence-corrected chi connectivity index (χ4v) is 0.378. The maximum Gasteiger partial charge on any atom is -0.0349 e. The van der Waals surface area contributed by atoms with Crippen molar-refractivity contribution in [2.24, 2.45) is 0 Å². The minimum absolute atomic E-state index is 1.16. The molecule has 0 radical (unpaired) electrons. The lowest BCUT2D eigenvalue weighted by Crippen LogP contribution is -1.66. The standard InChI is InChI=1S/C8H14.3C2H6/c1-4-6-7-8(3)5-2;3*1-2/h4,6-7H,5H2,1-3H3;3*1-2H3/b6-4-,8-7+;;;. The molecule has 0 aromatic rings. The Morgan fingerprint density at radius 3 is 1.50 bits per heavy atom. The van der Waals surface area contributed by atoms with Crippen LogP contribution < -0.4 is 0 Å². The first-order chi connectivity index (χ1) is 6.81. The van der Waals surface area contributed by atoms with E-state index < -0.39 is 0 Å². The lowest BCUT2D eigenvalue weighted by atomic mass is 10.2. The topological polar surface area (TPSA) is 0 Å². The molecular weight excluding hydrogens is 168 g/mol. The summed E-state index contributed by atoms with van der Waals surface area (Å²) in [4.78, 5) is 0. The molecule has 0 heterocycles. The lowest BCUT2D eigenvalue weighted by Gasteiger charge is -1.87. The number of hydrogen-bond acceptors (Lipinski definition) is 0. The lowest BCUT2D eigenvalue weighted by molar-refractivity contribution is 1.10. The van der Waals surface area contributed by atoms with Crippen molar-refractivity contribution in [2.75, 3.05) is 0 Å².